The number of fused-ring (bicyclic) bond motifs is 3. The lowest BCUT2D eigenvalue weighted by atomic mass is 9.74. The summed E-state index contributed by atoms with van der Waals surface area (Å²) >= 11 is 0. The number of rotatable bonds is 10. The van der Waals surface area contributed by atoms with Crippen molar-refractivity contribution in [2.75, 3.05) is 0 Å². The van der Waals surface area contributed by atoms with E-state index in [9.17, 15) is 0 Å². The van der Waals surface area contributed by atoms with Crippen molar-refractivity contribution in [1.29, 1.82) is 0 Å². The van der Waals surface area contributed by atoms with Crippen LogP contribution >= 0.6 is 0 Å². The van der Waals surface area contributed by atoms with Crippen molar-refractivity contribution in [3.8, 4) is 23.0 Å². The van der Waals surface area contributed by atoms with Crippen LogP contribution < -0.4 is 4.74 Å². The molecule has 2 atom stereocenters. The van der Waals surface area contributed by atoms with Gasteiger partial charge in [0.15, 0.2) is 0 Å². The van der Waals surface area contributed by atoms with Gasteiger partial charge in [-0.3, -0.25) is 4.57 Å². The van der Waals surface area contributed by atoms with Crippen molar-refractivity contribution in [1.82, 2.24) is 19.3 Å². The normalized spacial score (nSPS) is 16.6. The number of allylic oxidation sites excluding steroid dienone is 2. The summed E-state index contributed by atoms with van der Waals surface area (Å²) in [6.07, 6.45) is 10.2. The Bertz CT molecular complexity index is 2200. The van der Waals surface area contributed by atoms with Crippen LogP contribution in [0.4, 0.5) is 0 Å². The lowest BCUT2D eigenvalue weighted by molar-refractivity contribution is 0.445. The summed E-state index contributed by atoms with van der Waals surface area (Å²) in [5, 5.41) is 7.65. The van der Waals surface area contributed by atoms with E-state index in [-0.39, 0.29) is 0 Å². The number of hydrogen-bond acceptors (Lipinski definition) is 3. The smallest absolute Gasteiger partial charge is 0.137 e. The van der Waals surface area contributed by atoms with Gasteiger partial charge in [-0.2, -0.15) is 5.10 Å². The third kappa shape index (κ3) is 6.27. The molecule has 258 valence electrons. The minimum atomic E-state index is 0.318. The zero-order chi connectivity index (χ0) is 35.1. The maximum Gasteiger partial charge on any atom is 0.137 e. The number of unbranched alkanes of at least 4 members (excludes halogenated alkanes) is 1. The monoisotopic (exact) mass is 664 g/mol. The van der Waals surface area contributed by atoms with Gasteiger partial charge in [0, 0.05) is 40.6 Å². The first-order chi connectivity index (χ1) is 24.1. The number of aromatic nitrogens is 4. The standard InChI is InChI=1S/C45H52N4O/c1-9-10-16-33-21-22-46-42(23-33)48-40-18-12-11-17-38(40)39-20-19-36(27-41(39)48)50-37-25-34(28(2)3)24-35(26-37)49-45(29(4)5)44(32(8)47-49)43-30(6)14-13-15-31(43)7/h11-12,14,17-29,31,43H,9-10,13,15-16H2,1-8H3/t31-,43?/m0/s1. The highest BCUT2D eigenvalue weighted by atomic mass is 16.5. The molecule has 0 N–H and O–H groups in total. The third-order valence-electron chi connectivity index (χ3n) is 10.7. The number of aryl methyl sites for hydroxylation is 2. The summed E-state index contributed by atoms with van der Waals surface area (Å²) in [5.74, 6) is 4.20. The van der Waals surface area contributed by atoms with Crippen molar-refractivity contribution in [2.24, 2.45) is 5.92 Å². The summed E-state index contributed by atoms with van der Waals surface area (Å²) < 4.78 is 11.3. The van der Waals surface area contributed by atoms with E-state index in [2.05, 4.69) is 144 Å². The largest absolute Gasteiger partial charge is 0.457 e. The predicted octanol–water partition coefficient (Wildman–Crippen LogP) is 12.5. The molecule has 5 heteroatoms. The molecule has 3 aromatic heterocycles. The van der Waals surface area contributed by atoms with Gasteiger partial charge < -0.3 is 4.74 Å². The fraction of sp³-hybridized carbons (Fsp3) is 0.378. The molecule has 0 saturated heterocycles. The maximum absolute atomic E-state index is 6.81. The van der Waals surface area contributed by atoms with Crippen LogP contribution in [-0.4, -0.2) is 19.3 Å². The zero-order valence-corrected chi connectivity index (χ0v) is 31.1. The van der Waals surface area contributed by atoms with Crippen LogP contribution in [0.15, 0.2) is 90.6 Å². The highest BCUT2D eigenvalue weighted by Crippen LogP contribution is 2.44. The van der Waals surface area contributed by atoms with Gasteiger partial charge in [-0.05, 0) is 111 Å². The fourth-order valence-corrected chi connectivity index (χ4v) is 8.16. The van der Waals surface area contributed by atoms with Crippen molar-refractivity contribution in [3.05, 3.63) is 119 Å². The number of benzene rings is 3. The molecule has 6 aromatic rings. The van der Waals surface area contributed by atoms with E-state index in [1.165, 1.54) is 64.4 Å². The number of para-hydroxylation sites is 1. The Morgan fingerprint density at radius 3 is 2.42 bits per heavy atom. The summed E-state index contributed by atoms with van der Waals surface area (Å²) in [6.45, 7) is 18.2. The molecule has 0 amide bonds. The molecular weight excluding hydrogens is 613 g/mol. The van der Waals surface area contributed by atoms with E-state index in [4.69, 9.17) is 14.8 Å². The Balaban J connectivity index is 1.33. The summed E-state index contributed by atoms with van der Waals surface area (Å²) in [4.78, 5) is 4.86. The van der Waals surface area contributed by atoms with Crippen LogP contribution in [0.25, 0.3) is 33.3 Å². The number of nitrogens with zero attached hydrogens (tertiary/aromatic N) is 4. The van der Waals surface area contributed by atoms with Crippen LogP contribution in [0.2, 0.25) is 0 Å². The van der Waals surface area contributed by atoms with E-state index in [1.807, 2.05) is 6.20 Å². The molecule has 0 bridgehead atoms. The average molecular weight is 665 g/mol. The summed E-state index contributed by atoms with van der Waals surface area (Å²) in [5.41, 5.74) is 11.1. The van der Waals surface area contributed by atoms with Gasteiger partial charge in [-0.1, -0.05) is 77.8 Å². The highest BCUT2D eigenvalue weighted by Gasteiger charge is 2.32. The van der Waals surface area contributed by atoms with Gasteiger partial charge in [0.05, 0.1) is 28.1 Å². The number of ether oxygens (including phenoxy) is 1. The van der Waals surface area contributed by atoms with E-state index in [1.54, 1.807) is 0 Å². The minimum absolute atomic E-state index is 0.318. The molecule has 0 spiro atoms. The van der Waals surface area contributed by atoms with Crippen molar-refractivity contribution >= 4 is 21.8 Å². The van der Waals surface area contributed by atoms with Crippen molar-refractivity contribution in [2.45, 2.75) is 105 Å². The summed E-state index contributed by atoms with van der Waals surface area (Å²) in [7, 11) is 0. The van der Waals surface area contributed by atoms with E-state index in [0.29, 0.717) is 23.7 Å². The van der Waals surface area contributed by atoms with Crippen LogP contribution in [0.5, 0.6) is 11.5 Å². The van der Waals surface area contributed by atoms with Gasteiger partial charge in [0.25, 0.3) is 0 Å². The van der Waals surface area contributed by atoms with Crippen LogP contribution in [-0.2, 0) is 6.42 Å². The Kier molecular flexibility index (Phi) is 9.43. The molecule has 0 radical (unpaired) electrons. The van der Waals surface area contributed by atoms with Gasteiger partial charge >= 0.3 is 0 Å². The van der Waals surface area contributed by atoms with E-state index >= 15 is 0 Å². The van der Waals surface area contributed by atoms with E-state index in [0.717, 1.165) is 46.2 Å². The molecule has 0 fully saturated rings. The second kappa shape index (κ2) is 13.9. The molecule has 1 aliphatic carbocycles. The maximum atomic E-state index is 6.81. The summed E-state index contributed by atoms with van der Waals surface area (Å²) in [6, 6.07) is 26.1. The second-order valence-electron chi connectivity index (χ2n) is 15.1. The Morgan fingerprint density at radius 1 is 0.860 bits per heavy atom. The molecule has 3 aromatic carbocycles. The Hall–Kier alpha value is -4.64. The predicted molar refractivity (Wildman–Crippen MR) is 209 cm³/mol. The van der Waals surface area contributed by atoms with Gasteiger partial charge in [0.1, 0.15) is 17.3 Å². The van der Waals surface area contributed by atoms with Gasteiger partial charge in [0.2, 0.25) is 0 Å². The fourth-order valence-electron chi connectivity index (χ4n) is 8.16. The first-order valence-corrected chi connectivity index (χ1v) is 18.7. The molecule has 0 saturated carbocycles. The highest BCUT2D eigenvalue weighted by molar-refractivity contribution is 6.09. The molecular formula is C45H52N4O. The lowest BCUT2D eigenvalue weighted by Crippen LogP contribution is -2.18. The van der Waals surface area contributed by atoms with Gasteiger partial charge in [-0.15, -0.1) is 0 Å². The SMILES string of the molecule is CCCCc1ccnc(-n2c3ccccc3c3ccc(Oc4cc(C(C)C)cc(-n5nc(C)c(C6C(C)=CCC[C@@H]6C)c5C(C)C)c4)cc32)c1. The van der Waals surface area contributed by atoms with Gasteiger partial charge in [-0.25, -0.2) is 9.67 Å². The Morgan fingerprint density at radius 2 is 1.66 bits per heavy atom. The molecule has 3 heterocycles. The average Bonchev–Trinajstić information content (AvgIpc) is 3.62. The first kappa shape index (κ1) is 33.8. The van der Waals surface area contributed by atoms with Crippen LogP contribution in [0, 0.1) is 12.8 Å². The number of pyridine rings is 1. The molecule has 1 unspecified atom stereocenters. The molecule has 50 heavy (non-hydrogen) atoms. The third-order valence-corrected chi connectivity index (χ3v) is 10.7. The quantitative estimate of drug-likeness (QED) is 0.137. The van der Waals surface area contributed by atoms with Crippen LogP contribution in [0.1, 0.15) is 120 Å². The molecule has 0 aliphatic heterocycles. The van der Waals surface area contributed by atoms with Crippen molar-refractivity contribution in [3.63, 3.8) is 0 Å². The minimum Gasteiger partial charge on any atom is -0.457 e. The first-order valence-electron chi connectivity index (χ1n) is 18.7. The number of hydrogen-bond donors (Lipinski definition) is 0. The molecule has 7 rings (SSSR count). The van der Waals surface area contributed by atoms with E-state index < -0.39 is 0 Å². The lowest BCUT2D eigenvalue weighted by Gasteiger charge is -2.30. The molecule has 5 nitrogen and oxygen atoms in total. The molecule has 1 aliphatic rings. The van der Waals surface area contributed by atoms with Crippen molar-refractivity contribution < 1.29 is 4.74 Å². The zero-order valence-electron chi connectivity index (χ0n) is 31.1. The second-order valence-corrected chi connectivity index (χ2v) is 15.1. The topological polar surface area (TPSA) is 44.9 Å². The van der Waals surface area contributed by atoms with Crippen LogP contribution in [0.3, 0.4) is 0 Å². The Labute approximate surface area is 298 Å².